The maximum absolute atomic E-state index is 14.4. The summed E-state index contributed by atoms with van der Waals surface area (Å²) in [5, 5.41) is 7.71. The topological polar surface area (TPSA) is 74.6 Å². The molecule has 1 saturated carbocycles. The van der Waals surface area contributed by atoms with Crippen molar-refractivity contribution in [2.45, 2.75) is 37.0 Å². The lowest BCUT2D eigenvalue weighted by Gasteiger charge is -2.26. The molecule has 174 valence electrons. The molecule has 2 N–H and O–H groups in total. The van der Waals surface area contributed by atoms with Crippen LogP contribution in [0.5, 0.6) is 0 Å². The molecule has 2 amide bonds. The van der Waals surface area contributed by atoms with Crippen molar-refractivity contribution in [3.05, 3.63) is 53.6 Å². The number of carbonyl (C=O) groups is 1. The summed E-state index contributed by atoms with van der Waals surface area (Å²) in [7, 11) is 0. The zero-order valence-corrected chi connectivity index (χ0v) is 16.7. The van der Waals surface area contributed by atoms with Gasteiger partial charge in [0, 0.05) is 24.6 Å². The smallest absolute Gasteiger partial charge is 0.319 e. The van der Waals surface area contributed by atoms with Gasteiger partial charge in [-0.2, -0.15) is 4.39 Å². The molecule has 3 aromatic rings. The predicted molar refractivity (Wildman–Crippen MR) is 104 cm³/mol. The molecule has 3 heterocycles. The van der Waals surface area contributed by atoms with E-state index in [4.69, 9.17) is 0 Å². The Labute approximate surface area is 182 Å². The Morgan fingerprint density at radius 3 is 2.67 bits per heavy atom. The molecule has 7 nitrogen and oxygen atoms in total. The van der Waals surface area contributed by atoms with Crippen molar-refractivity contribution < 1.29 is 31.1 Å². The number of hydrogen-bond donors (Lipinski definition) is 2. The summed E-state index contributed by atoms with van der Waals surface area (Å²) in [4.78, 5) is 17.6. The van der Waals surface area contributed by atoms with Crippen LogP contribution >= 0.6 is 0 Å². The van der Waals surface area contributed by atoms with Gasteiger partial charge in [-0.3, -0.25) is 0 Å². The second kappa shape index (κ2) is 7.52. The van der Waals surface area contributed by atoms with Crippen LogP contribution in [0.15, 0.2) is 30.5 Å². The van der Waals surface area contributed by atoms with Gasteiger partial charge >= 0.3 is 6.03 Å². The molecule has 1 unspecified atom stereocenters. The molecule has 1 aliphatic heterocycles. The van der Waals surface area contributed by atoms with Crippen molar-refractivity contribution in [1.29, 1.82) is 0 Å². The van der Waals surface area contributed by atoms with Gasteiger partial charge in [-0.25, -0.2) is 36.2 Å². The zero-order chi connectivity index (χ0) is 23.5. The van der Waals surface area contributed by atoms with Gasteiger partial charge in [-0.1, -0.05) is 0 Å². The number of anilines is 2. The molecular formula is C20H16F6N6O. The van der Waals surface area contributed by atoms with Crippen LogP contribution in [0.25, 0.3) is 5.65 Å². The lowest BCUT2D eigenvalue weighted by Crippen LogP contribution is -2.33. The summed E-state index contributed by atoms with van der Waals surface area (Å²) >= 11 is 0. The van der Waals surface area contributed by atoms with Crippen LogP contribution in [0.3, 0.4) is 0 Å². The summed E-state index contributed by atoms with van der Waals surface area (Å²) in [6.45, 7) is -0.180. The first-order valence-corrected chi connectivity index (χ1v) is 9.98. The van der Waals surface area contributed by atoms with Crippen LogP contribution in [0.1, 0.15) is 24.4 Å². The third-order valence-electron chi connectivity index (χ3n) is 5.66. The third kappa shape index (κ3) is 3.91. The second-order valence-corrected chi connectivity index (χ2v) is 8.00. The lowest BCUT2D eigenvalue weighted by atomic mass is 10.0. The van der Waals surface area contributed by atoms with Gasteiger partial charge in [0.2, 0.25) is 0 Å². The number of halogens is 6. The average Bonchev–Trinajstić information content (AvgIpc) is 3.05. The van der Waals surface area contributed by atoms with Gasteiger partial charge < -0.3 is 15.5 Å². The fraction of sp³-hybridized carbons (Fsp3) is 0.350. The largest absolute Gasteiger partial charge is 0.346 e. The highest BCUT2D eigenvalue weighted by Gasteiger charge is 2.58. The molecule has 33 heavy (non-hydrogen) atoms. The van der Waals surface area contributed by atoms with Gasteiger partial charge in [-0.05, 0) is 24.3 Å². The Balaban J connectivity index is 1.46. The maximum Gasteiger partial charge on any atom is 0.319 e. The number of nitrogens with zero attached hydrogens (tertiary/aromatic N) is 4. The van der Waals surface area contributed by atoms with Crippen molar-refractivity contribution >= 4 is 23.2 Å². The monoisotopic (exact) mass is 470 g/mol. The first-order chi connectivity index (χ1) is 15.6. The number of urea groups is 1. The molecule has 13 heteroatoms. The Kier molecular flexibility index (Phi) is 4.87. The normalized spacial score (nSPS) is 23.7. The lowest BCUT2D eigenvalue weighted by molar-refractivity contribution is 0.108. The molecule has 3 atom stereocenters. The number of fused-ring (bicyclic) bond motifs is 1. The zero-order valence-electron chi connectivity index (χ0n) is 16.7. The van der Waals surface area contributed by atoms with Crippen molar-refractivity contribution in [3.8, 4) is 0 Å². The minimum absolute atomic E-state index is 0.0559. The van der Waals surface area contributed by atoms with Crippen LogP contribution in [-0.4, -0.2) is 45.3 Å². The Hall–Kier alpha value is -3.51. The minimum atomic E-state index is -3.01. The molecule has 0 bridgehead atoms. The third-order valence-corrected chi connectivity index (χ3v) is 5.66. The number of rotatable bonds is 4. The van der Waals surface area contributed by atoms with Gasteiger partial charge in [0.25, 0.3) is 11.9 Å². The highest BCUT2D eigenvalue weighted by molar-refractivity contribution is 5.93. The van der Waals surface area contributed by atoms with E-state index >= 15 is 0 Å². The molecule has 1 aliphatic carbocycles. The van der Waals surface area contributed by atoms with E-state index in [-0.39, 0.29) is 30.0 Å². The molecule has 0 spiro atoms. The van der Waals surface area contributed by atoms with Gasteiger partial charge in [0.15, 0.2) is 5.65 Å². The number of amides is 2. The van der Waals surface area contributed by atoms with Crippen LogP contribution in [0, 0.1) is 17.6 Å². The maximum atomic E-state index is 14.4. The molecular weight excluding hydrogens is 454 g/mol. The number of carbonyl (C=O) groups excluding carboxylic acids is 1. The molecule has 2 aromatic heterocycles. The molecule has 0 radical (unpaired) electrons. The molecule has 2 aliphatic rings. The van der Waals surface area contributed by atoms with Gasteiger partial charge in [0.05, 0.1) is 12.6 Å². The molecule has 5 rings (SSSR count). The first-order valence-electron chi connectivity index (χ1n) is 9.98. The van der Waals surface area contributed by atoms with Crippen molar-refractivity contribution in [3.63, 3.8) is 0 Å². The fourth-order valence-electron chi connectivity index (χ4n) is 3.94. The summed E-state index contributed by atoms with van der Waals surface area (Å²) in [6, 6.07) is 0.965. The van der Waals surface area contributed by atoms with E-state index in [0.717, 1.165) is 22.7 Å². The van der Waals surface area contributed by atoms with Crippen molar-refractivity contribution in [2.75, 3.05) is 16.8 Å². The summed E-state index contributed by atoms with van der Waals surface area (Å²) in [5.41, 5.74) is -0.703. The van der Waals surface area contributed by atoms with E-state index < -0.39 is 59.9 Å². The Bertz CT molecular complexity index is 1250. The van der Waals surface area contributed by atoms with Crippen molar-refractivity contribution in [2.24, 2.45) is 0 Å². The fourth-order valence-corrected chi connectivity index (χ4v) is 3.94. The molecule has 1 saturated heterocycles. The number of aromatic nitrogens is 3. The standard InChI is InChI=1S/C20H16F6N6O/c21-9-1-2-12(23)11(5-9)13-6-10(22)8-31(13)15-3-4-32-18(28-15)16(17(24)30-32)29-19(33)27-14-7-20(14,25)26/h1-5,10,13-14H,6-8H2,(H2,27,29,33)/t10-,13-,14?/m1/s1. The number of nitrogens with one attached hydrogen (secondary N) is 2. The first kappa shape index (κ1) is 21.3. The van der Waals surface area contributed by atoms with Crippen LogP contribution in [0.4, 0.5) is 42.6 Å². The van der Waals surface area contributed by atoms with E-state index in [1.54, 1.807) is 0 Å². The quantitative estimate of drug-likeness (QED) is 0.566. The van der Waals surface area contributed by atoms with E-state index in [1.165, 1.54) is 17.2 Å². The van der Waals surface area contributed by atoms with E-state index in [0.29, 0.717) is 0 Å². The number of benzene rings is 1. The van der Waals surface area contributed by atoms with Crippen molar-refractivity contribution in [1.82, 2.24) is 19.9 Å². The predicted octanol–water partition coefficient (Wildman–Crippen LogP) is 3.97. The van der Waals surface area contributed by atoms with E-state index in [2.05, 4.69) is 15.4 Å². The highest BCUT2D eigenvalue weighted by Crippen LogP contribution is 2.42. The van der Waals surface area contributed by atoms with Crippen LogP contribution in [-0.2, 0) is 0 Å². The summed E-state index contributed by atoms with van der Waals surface area (Å²) in [6.07, 6.45) is -0.703. The Morgan fingerprint density at radius 2 is 1.94 bits per heavy atom. The van der Waals surface area contributed by atoms with Gasteiger partial charge in [0.1, 0.15) is 35.4 Å². The Morgan fingerprint density at radius 1 is 1.18 bits per heavy atom. The van der Waals surface area contributed by atoms with E-state index in [1.807, 2.05) is 5.32 Å². The molecule has 1 aromatic carbocycles. The molecule has 2 fully saturated rings. The van der Waals surface area contributed by atoms with Crippen LogP contribution in [0.2, 0.25) is 0 Å². The van der Waals surface area contributed by atoms with E-state index in [9.17, 15) is 31.1 Å². The summed E-state index contributed by atoms with van der Waals surface area (Å²) < 4.78 is 83.8. The van der Waals surface area contributed by atoms with Gasteiger partial charge in [-0.15, -0.1) is 5.10 Å². The number of alkyl halides is 3. The van der Waals surface area contributed by atoms with Crippen LogP contribution < -0.4 is 15.5 Å². The SMILES string of the molecule is O=C(Nc1c(F)nn2ccc(N3C[C@H](F)C[C@@H]3c3cc(F)ccc3F)nc12)NC1CC1(F)F. The average molecular weight is 470 g/mol. The number of hydrogen-bond acceptors (Lipinski definition) is 4. The minimum Gasteiger partial charge on any atom is -0.346 e. The highest BCUT2D eigenvalue weighted by atomic mass is 19.3. The second-order valence-electron chi connectivity index (χ2n) is 8.00. The summed E-state index contributed by atoms with van der Waals surface area (Å²) in [5.74, 6) is -5.42.